The second-order valence-corrected chi connectivity index (χ2v) is 5.89. The molecule has 1 fully saturated rings. The Morgan fingerprint density at radius 1 is 1.50 bits per heavy atom. The molecule has 0 radical (unpaired) electrons. The molecule has 1 aromatic heterocycles. The Labute approximate surface area is 101 Å². The molecule has 1 atom stereocenters. The van der Waals surface area contributed by atoms with Gasteiger partial charge >= 0.3 is 0 Å². The molecular weight excluding hydrogens is 220 g/mol. The zero-order chi connectivity index (χ0) is 11.4. The molecule has 1 N–H and O–H groups in total. The van der Waals surface area contributed by atoms with Crippen LogP contribution >= 0.6 is 11.3 Å². The number of nitrogens with one attached hydrogen (secondary N) is 1. The number of piperidine rings is 1. The van der Waals surface area contributed by atoms with Crippen molar-refractivity contribution < 1.29 is 0 Å². The number of nitrogens with zero attached hydrogens (tertiary/aromatic N) is 3. The summed E-state index contributed by atoms with van der Waals surface area (Å²) in [6.45, 7) is 6.45. The molecule has 1 aliphatic rings. The zero-order valence-corrected chi connectivity index (χ0v) is 10.9. The van der Waals surface area contributed by atoms with Gasteiger partial charge in [0.1, 0.15) is 10.0 Å². The van der Waals surface area contributed by atoms with Crippen LogP contribution in [-0.4, -0.2) is 41.8 Å². The predicted octanol–water partition coefficient (Wildman–Crippen LogP) is 1.28. The highest BCUT2D eigenvalue weighted by molar-refractivity contribution is 7.11. The Bertz CT molecular complexity index is 320. The quantitative estimate of drug-likeness (QED) is 0.861. The highest BCUT2D eigenvalue weighted by atomic mass is 32.1. The van der Waals surface area contributed by atoms with Crippen molar-refractivity contribution in [3.63, 3.8) is 0 Å². The minimum atomic E-state index is 0.799. The van der Waals surface area contributed by atoms with Crippen LogP contribution in [0.3, 0.4) is 0 Å². The smallest absolute Gasteiger partial charge is 0.131 e. The third-order valence-electron chi connectivity index (χ3n) is 2.94. The fraction of sp³-hybridized carbons (Fsp3) is 0.818. The number of aryl methyl sites for hydroxylation is 1. The zero-order valence-electron chi connectivity index (χ0n) is 10.1. The molecule has 5 heteroatoms. The van der Waals surface area contributed by atoms with Crippen LogP contribution in [0.15, 0.2) is 0 Å². The summed E-state index contributed by atoms with van der Waals surface area (Å²) in [5.74, 6) is 0.799. The van der Waals surface area contributed by atoms with Crippen LogP contribution in [0.1, 0.15) is 22.9 Å². The summed E-state index contributed by atoms with van der Waals surface area (Å²) in [6, 6.07) is 0. The first-order chi connectivity index (χ1) is 7.74. The second-order valence-electron chi connectivity index (χ2n) is 4.62. The Morgan fingerprint density at radius 3 is 3.00 bits per heavy atom. The minimum absolute atomic E-state index is 0.799. The molecule has 90 valence electrons. The lowest BCUT2D eigenvalue weighted by molar-refractivity contribution is 0.237. The van der Waals surface area contributed by atoms with Gasteiger partial charge in [-0.05, 0) is 45.8 Å². The van der Waals surface area contributed by atoms with Crippen molar-refractivity contribution in [3.05, 3.63) is 10.0 Å². The predicted molar refractivity (Wildman–Crippen MR) is 66.6 cm³/mol. The normalized spacial score (nSPS) is 21.6. The Hall–Kier alpha value is -0.520. The van der Waals surface area contributed by atoms with Gasteiger partial charge in [-0.2, -0.15) is 0 Å². The molecule has 0 aromatic carbocycles. The summed E-state index contributed by atoms with van der Waals surface area (Å²) in [5.41, 5.74) is 0. The van der Waals surface area contributed by atoms with E-state index in [-0.39, 0.29) is 0 Å². The molecule has 0 spiro atoms. The van der Waals surface area contributed by atoms with Crippen LogP contribution < -0.4 is 5.32 Å². The van der Waals surface area contributed by atoms with Crippen LogP contribution in [0.5, 0.6) is 0 Å². The number of rotatable bonds is 4. The first kappa shape index (κ1) is 12.0. The van der Waals surface area contributed by atoms with Gasteiger partial charge in [0.15, 0.2) is 0 Å². The molecule has 0 aliphatic carbocycles. The SMILES string of the molecule is Cc1nnc(CN(C)CC2CCCNC2)s1. The van der Waals surface area contributed by atoms with E-state index in [2.05, 4.69) is 27.5 Å². The average molecular weight is 240 g/mol. The molecule has 1 unspecified atom stereocenters. The molecule has 2 rings (SSSR count). The van der Waals surface area contributed by atoms with Crippen LogP contribution in [0, 0.1) is 12.8 Å². The van der Waals surface area contributed by atoms with Crippen molar-refractivity contribution in [2.75, 3.05) is 26.7 Å². The van der Waals surface area contributed by atoms with Gasteiger partial charge in [-0.25, -0.2) is 0 Å². The summed E-state index contributed by atoms with van der Waals surface area (Å²) in [7, 11) is 2.17. The first-order valence-corrected chi connectivity index (χ1v) is 6.74. The Balaban J connectivity index is 1.77. The van der Waals surface area contributed by atoms with E-state index < -0.39 is 0 Å². The minimum Gasteiger partial charge on any atom is -0.316 e. The first-order valence-electron chi connectivity index (χ1n) is 5.92. The number of aromatic nitrogens is 2. The van der Waals surface area contributed by atoms with Crippen LogP contribution in [0.25, 0.3) is 0 Å². The van der Waals surface area contributed by atoms with Gasteiger partial charge in [-0.15, -0.1) is 21.5 Å². The molecule has 4 nitrogen and oxygen atoms in total. The molecule has 1 saturated heterocycles. The van der Waals surface area contributed by atoms with E-state index in [1.165, 1.54) is 25.9 Å². The lowest BCUT2D eigenvalue weighted by Gasteiger charge is -2.26. The lowest BCUT2D eigenvalue weighted by atomic mass is 9.99. The van der Waals surface area contributed by atoms with Crippen LogP contribution in [-0.2, 0) is 6.54 Å². The van der Waals surface area contributed by atoms with E-state index >= 15 is 0 Å². The molecule has 16 heavy (non-hydrogen) atoms. The van der Waals surface area contributed by atoms with E-state index in [1.807, 2.05) is 6.92 Å². The van der Waals surface area contributed by atoms with Crippen molar-refractivity contribution in [3.8, 4) is 0 Å². The number of hydrogen-bond donors (Lipinski definition) is 1. The van der Waals surface area contributed by atoms with Crippen molar-refractivity contribution >= 4 is 11.3 Å². The van der Waals surface area contributed by atoms with Gasteiger partial charge < -0.3 is 5.32 Å². The fourth-order valence-corrected chi connectivity index (χ4v) is 3.01. The third kappa shape index (κ3) is 3.50. The van der Waals surface area contributed by atoms with E-state index in [9.17, 15) is 0 Å². The molecule has 1 aromatic rings. The molecule has 0 bridgehead atoms. The maximum absolute atomic E-state index is 4.16. The average Bonchev–Trinajstić information content (AvgIpc) is 2.65. The summed E-state index contributed by atoms with van der Waals surface area (Å²) in [5, 5.41) is 13.8. The molecular formula is C11H20N4S. The van der Waals surface area contributed by atoms with Crippen LogP contribution in [0.4, 0.5) is 0 Å². The van der Waals surface area contributed by atoms with E-state index in [4.69, 9.17) is 0 Å². The highest BCUT2D eigenvalue weighted by Gasteiger charge is 2.15. The second kappa shape index (κ2) is 5.70. The monoisotopic (exact) mass is 240 g/mol. The topological polar surface area (TPSA) is 41.1 Å². The van der Waals surface area contributed by atoms with Crippen molar-refractivity contribution in [2.24, 2.45) is 5.92 Å². The summed E-state index contributed by atoms with van der Waals surface area (Å²) in [6.07, 6.45) is 2.67. The van der Waals surface area contributed by atoms with E-state index in [1.54, 1.807) is 11.3 Å². The lowest BCUT2D eigenvalue weighted by Crippen LogP contribution is -2.36. The summed E-state index contributed by atoms with van der Waals surface area (Å²) in [4.78, 5) is 2.36. The third-order valence-corrected chi connectivity index (χ3v) is 3.77. The van der Waals surface area contributed by atoms with Gasteiger partial charge in [-0.3, -0.25) is 4.90 Å². The van der Waals surface area contributed by atoms with Crippen molar-refractivity contribution in [1.82, 2.24) is 20.4 Å². The van der Waals surface area contributed by atoms with Gasteiger partial charge in [-0.1, -0.05) is 0 Å². The van der Waals surface area contributed by atoms with Gasteiger partial charge in [0, 0.05) is 6.54 Å². The standard InChI is InChI=1S/C11H20N4S/c1-9-13-14-11(16-9)8-15(2)7-10-4-3-5-12-6-10/h10,12H,3-8H2,1-2H3. The van der Waals surface area contributed by atoms with Gasteiger partial charge in [0.25, 0.3) is 0 Å². The van der Waals surface area contributed by atoms with E-state index in [0.29, 0.717) is 0 Å². The van der Waals surface area contributed by atoms with Gasteiger partial charge in [0.05, 0.1) is 6.54 Å². The Kier molecular flexibility index (Phi) is 4.26. The molecule has 2 heterocycles. The van der Waals surface area contributed by atoms with Crippen LogP contribution in [0.2, 0.25) is 0 Å². The maximum Gasteiger partial charge on any atom is 0.131 e. The fourth-order valence-electron chi connectivity index (χ4n) is 2.22. The molecule has 0 amide bonds. The van der Waals surface area contributed by atoms with Gasteiger partial charge in [0.2, 0.25) is 0 Å². The molecule has 1 aliphatic heterocycles. The largest absolute Gasteiger partial charge is 0.316 e. The molecule has 0 saturated carbocycles. The Morgan fingerprint density at radius 2 is 2.38 bits per heavy atom. The maximum atomic E-state index is 4.16. The van der Waals surface area contributed by atoms with E-state index in [0.717, 1.165) is 29.0 Å². The van der Waals surface area contributed by atoms with Crippen molar-refractivity contribution in [1.29, 1.82) is 0 Å². The summed E-state index contributed by atoms with van der Waals surface area (Å²) >= 11 is 1.70. The summed E-state index contributed by atoms with van der Waals surface area (Å²) < 4.78 is 0. The number of hydrogen-bond acceptors (Lipinski definition) is 5. The highest BCUT2D eigenvalue weighted by Crippen LogP contribution is 2.14. The van der Waals surface area contributed by atoms with Crippen molar-refractivity contribution in [2.45, 2.75) is 26.3 Å².